The molecule has 0 atom stereocenters. The molecule has 0 aliphatic heterocycles. The molecule has 3 heteroatoms. The molecule has 0 unspecified atom stereocenters. The van der Waals surface area contributed by atoms with E-state index in [1.165, 1.54) is 0 Å². The van der Waals surface area contributed by atoms with Crippen molar-refractivity contribution in [2.24, 2.45) is 0 Å². The van der Waals surface area contributed by atoms with Gasteiger partial charge in [-0.2, -0.15) is 0 Å². The van der Waals surface area contributed by atoms with Crippen LogP contribution in [0.4, 0.5) is 5.69 Å². The molecule has 0 bridgehead atoms. The van der Waals surface area contributed by atoms with Gasteiger partial charge < -0.3 is 10.5 Å². The van der Waals surface area contributed by atoms with Gasteiger partial charge in [0.15, 0.2) is 0 Å². The molecule has 1 rings (SSSR count). The lowest BCUT2D eigenvalue weighted by molar-refractivity contribution is 0.415. The Morgan fingerprint density at radius 1 is 1.46 bits per heavy atom. The number of nitrogens with two attached hydrogens (primary N) is 1. The Hall–Kier alpha value is -1.33. The number of nitrogen functional groups attached to an aromatic ring is 1. The van der Waals surface area contributed by atoms with E-state index in [2.05, 4.69) is 11.8 Å². The lowest BCUT2D eigenvalue weighted by atomic mass is 10.2. The minimum absolute atomic E-state index is 0.317. The second-order valence-electron chi connectivity index (χ2n) is 2.43. The molecule has 0 saturated heterocycles. The highest BCUT2D eigenvalue weighted by atomic mass is 35.5. The molecule has 0 aromatic heterocycles. The molecule has 13 heavy (non-hydrogen) atoms. The third-order valence-electron chi connectivity index (χ3n) is 1.46. The number of ether oxygens (including phenoxy) is 1. The first-order valence-electron chi connectivity index (χ1n) is 3.75. The average Bonchev–Trinajstić information content (AvgIpc) is 2.14. The third kappa shape index (κ3) is 2.89. The van der Waals surface area contributed by atoms with Crippen LogP contribution in [0.3, 0.4) is 0 Å². The normalized spacial score (nSPS) is 8.77. The fourth-order valence-corrected chi connectivity index (χ4v) is 1.01. The van der Waals surface area contributed by atoms with Crippen molar-refractivity contribution in [3.05, 3.63) is 23.8 Å². The Balaban J connectivity index is 3.01. The minimum atomic E-state index is 0.317. The third-order valence-corrected chi connectivity index (χ3v) is 1.60. The van der Waals surface area contributed by atoms with Crippen LogP contribution in [0.2, 0.25) is 0 Å². The molecule has 2 N–H and O–H groups in total. The zero-order chi connectivity index (χ0) is 9.68. The Kier molecular flexibility index (Phi) is 3.48. The van der Waals surface area contributed by atoms with Crippen LogP contribution < -0.4 is 10.5 Å². The van der Waals surface area contributed by atoms with Gasteiger partial charge in [0.05, 0.1) is 13.0 Å². The van der Waals surface area contributed by atoms with Crippen LogP contribution in [-0.4, -0.2) is 13.0 Å². The molecule has 0 radical (unpaired) electrons. The van der Waals surface area contributed by atoms with Crippen molar-refractivity contribution in [2.75, 3.05) is 18.7 Å². The minimum Gasteiger partial charge on any atom is -0.497 e. The predicted molar refractivity (Wildman–Crippen MR) is 55.0 cm³/mol. The smallest absolute Gasteiger partial charge is 0.122 e. The summed E-state index contributed by atoms with van der Waals surface area (Å²) in [4.78, 5) is 0. The van der Waals surface area contributed by atoms with E-state index in [9.17, 15) is 0 Å². The molecule has 68 valence electrons. The van der Waals surface area contributed by atoms with E-state index in [0.717, 1.165) is 5.56 Å². The average molecular weight is 196 g/mol. The van der Waals surface area contributed by atoms with Crippen LogP contribution in [0.25, 0.3) is 0 Å². The Morgan fingerprint density at radius 3 is 2.85 bits per heavy atom. The fraction of sp³-hybridized carbons (Fsp3) is 0.200. The summed E-state index contributed by atoms with van der Waals surface area (Å²) < 4.78 is 5.03. The van der Waals surface area contributed by atoms with E-state index >= 15 is 0 Å². The monoisotopic (exact) mass is 195 g/mol. The number of hydrogen-bond donors (Lipinski definition) is 1. The van der Waals surface area contributed by atoms with E-state index in [1.807, 2.05) is 6.07 Å². The second-order valence-corrected chi connectivity index (χ2v) is 2.70. The van der Waals surface area contributed by atoms with Crippen LogP contribution in [-0.2, 0) is 0 Å². The van der Waals surface area contributed by atoms with E-state index in [0.29, 0.717) is 17.3 Å². The lowest BCUT2D eigenvalue weighted by Gasteiger charge is -2.01. The van der Waals surface area contributed by atoms with Crippen LogP contribution in [0, 0.1) is 11.8 Å². The number of benzene rings is 1. The van der Waals surface area contributed by atoms with Crippen molar-refractivity contribution in [1.82, 2.24) is 0 Å². The fourth-order valence-electron chi connectivity index (χ4n) is 0.948. The molecule has 0 fully saturated rings. The SMILES string of the molecule is COc1cc(N)cc(C#CCCl)c1. The van der Waals surface area contributed by atoms with E-state index in [4.69, 9.17) is 22.1 Å². The van der Waals surface area contributed by atoms with Gasteiger partial charge in [0.1, 0.15) is 5.75 Å². The van der Waals surface area contributed by atoms with Crippen molar-refractivity contribution in [3.63, 3.8) is 0 Å². The topological polar surface area (TPSA) is 35.2 Å². The highest BCUT2D eigenvalue weighted by Gasteiger charge is 1.95. The molecule has 0 spiro atoms. The maximum absolute atomic E-state index is 5.63. The molecule has 0 saturated carbocycles. The highest BCUT2D eigenvalue weighted by Crippen LogP contribution is 2.17. The summed E-state index contributed by atoms with van der Waals surface area (Å²) in [6.45, 7) is 0. The van der Waals surface area contributed by atoms with Gasteiger partial charge in [-0.3, -0.25) is 0 Å². The Morgan fingerprint density at radius 2 is 2.23 bits per heavy atom. The zero-order valence-electron chi connectivity index (χ0n) is 7.30. The van der Waals surface area contributed by atoms with Crippen molar-refractivity contribution < 1.29 is 4.74 Å². The highest BCUT2D eigenvalue weighted by molar-refractivity contribution is 6.19. The molecule has 0 amide bonds. The largest absolute Gasteiger partial charge is 0.497 e. The second kappa shape index (κ2) is 4.64. The first-order valence-corrected chi connectivity index (χ1v) is 4.29. The zero-order valence-corrected chi connectivity index (χ0v) is 8.06. The van der Waals surface area contributed by atoms with Gasteiger partial charge in [0.25, 0.3) is 0 Å². The first kappa shape index (κ1) is 9.76. The van der Waals surface area contributed by atoms with Crippen molar-refractivity contribution in [2.45, 2.75) is 0 Å². The van der Waals surface area contributed by atoms with Crippen LogP contribution >= 0.6 is 11.6 Å². The summed E-state index contributed by atoms with van der Waals surface area (Å²) in [5.74, 6) is 6.64. The molecular weight excluding hydrogens is 186 g/mol. The molecule has 2 nitrogen and oxygen atoms in total. The van der Waals surface area contributed by atoms with E-state index < -0.39 is 0 Å². The Labute approximate surface area is 82.6 Å². The number of hydrogen-bond acceptors (Lipinski definition) is 2. The number of anilines is 1. The van der Waals surface area contributed by atoms with Gasteiger partial charge in [0.2, 0.25) is 0 Å². The standard InChI is InChI=1S/C10H10ClNO/c1-13-10-6-8(3-2-4-11)5-9(12)7-10/h5-7H,4,12H2,1H3. The van der Waals surface area contributed by atoms with Gasteiger partial charge in [-0.05, 0) is 12.1 Å². The molecule has 0 aliphatic carbocycles. The van der Waals surface area contributed by atoms with Crippen molar-refractivity contribution in [1.29, 1.82) is 0 Å². The number of halogens is 1. The summed E-state index contributed by atoms with van der Waals surface area (Å²) in [7, 11) is 1.59. The van der Waals surface area contributed by atoms with Gasteiger partial charge in [-0.25, -0.2) is 0 Å². The summed E-state index contributed by atoms with van der Waals surface area (Å²) in [5, 5.41) is 0. The van der Waals surface area contributed by atoms with Gasteiger partial charge in [-0.1, -0.05) is 11.8 Å². The van der Waals surface area contributed by atoms with Gasteiger partial charge >= 0.3 is 0 Å². The summed E-state index contributed by atoms with van der Waals surface area (Å²) in [5.41, 5.74) is 7.08. The predicted octanol–water partition coefficient (Wildman–Crippen LogP) is 1.87. The van der Waals surface area contributed by atoms with Crippen LogP contribution in [0.15, 0.2) is 18.2 Å². The maximum Gasteiger partial charge on any atom is 0.122 e. The number of methoxy groups -OCH3 is 1. The van der Waals surface area contributed by atoms with Crippen molar-refractivity contribution in [3.8, 4) is 17.6 Å². The molecule has 1 aromatic rings. The molecule has 0 heterocycles. The Bertz CT molecular complexity index is 352. The number of alkyl halides is 1. The lowest BCUT2D eigenvalue weighted by Crippen LogP contribution is -1.89. The molecule has 1 aromatic carbocycles. The van der Waals surface area contributed by atoms with E-state index in [-0.39, 0.29) is 0 Å². The van der Waals surface area contributed by atoms with Gasteiger partial charge in [-0.15, -0.1) is 11.6 Å². The maximum atomic E-state index is 5.63. The molecule has 0 aliphatic rings. The van der Waals surface area contributed by atoms with Crippen molar-refractivity contribution >= 4 is 17.3 Å². The summed E-state index contributed by atoms with van der Waals surface area (Å²) in [6.07, 6.45) is 0. The summed E-state index contributed by atoms with van der Waals surface area (Å²) in [6, 6.07) is 5.34. The quantitative estimate of drug-likeness (QED) is 0.422. The van der Waals surface area contributed by atoms with E-state index in [1.54, 1.807) is 19.2 Å². The summed E-state index contributed by atoms with van der Waals surface area (Å²) >= 11 is 5.43. The number of rotatable bonds is 1. The van der Waals surface area contributed by atoms with Crippen LogP contribution in [0.1, 0.15) is 5.56 Å². The van der Waals surface area contributed by atoms with Gasteiger partial charge in [0, 0.05) is 17.3 Å². The first-order chi connectivity index (χ1) is 6.26. The molecular formula is C10H10ClNO. The van der Waals surface area contributed by atoms with Crippen LogP contribution in [0.5, 0.6) is 5.75 Å².